The lowest BCUT2D eigenvalue weighted by Crippen LogP contribution is -2.32. The molecule has 2 aromatic heterocycles. The molecule has 5 rings (SSSR count). The summed E-state index contributed by atoms with van der Waals surface area (Å²) in [4.78, 5) is 25.4. The molecule has 32 heavy (non-hydrogen) atoms. The van der Waals surface area contributed by atoms with Crippen LogP contribution in [0.5, 0.6) is 5.75 Å². The minimum atomic E-state index is -0.241. The van der Waals surface area contributed by atoms with Crippen LogP contribution in [0.4, 0.5) is 10.5 Å². The number of hydrogen-bond donors (Lipinski definition) is 3. The summed E-state index contributed by atoms with van der Waals surface area (Å²) in [6.45, 7) is 0. The monoisotopic (exact) mass is 433 g/mol. The number of anilines is 1. The predicted octanol–water partition coefficient (Wildman–Crippen LogP) is 4.22. The summed E-state index contributed by atoms with van der Waals surface area (Å²) in [6.07, 6.45) is 8.15. The van der Waals surface area contributed by atoms with Crippen LogP contribution in [-0.2, 0) is 7.05 Å². The quantitative estimate of drug-likeness (QED) is 0.524. The smallest absolute Gasteiger partial charge is 0.342 e. The van der Waals surface area contributed by atoms with Gasteiger partial charge in [0, 0.05) is 36.5 Å². The topological polar surface area (TPSA) is 101 Å². The number of phenols is 1. The minimum absolute atomic E-state index is 0.0482. The van der Waals surface area contributed by atoms with Crippen molar-refractivity contribution in [3.8, 4) is 17.0 Å². The van der Waals surface area contributed by atoms with Crippen LogP contribution in [0.3, 0.4) is 0 Å². The Morgan fingerprint density at radius 1 is 1.09 bits per heavy atom. The normalized spacial score (nSPS) is 16.3. The third-order valence-electron chi connectivity index (χ3n) is 6.31. The lowest BCUT2D eigenvalue weighted by Gasteiger charge is -2.11. The van der Waals surface area contributed by atoms with E-state index >= 15 is 0 Å². The van der Waals surface area contributed by atoms with Crippen molar-refractivity contribution >= 4 is 17.6 Å². The first kappa shape index (κ1) is 20.4. The van der Waals surface area contributed by atoms with Gasteiger partial charge in [-0.05, 0) is 62.1 Å². The molecule has 8 heteroatoms. The summed E-state index contributed by atoms with van der Waals surface area (Å²) in [6, 6.07) is 10.3. The summed E-state index contributed by atoms with van der Waals surface area (Å²) < 4.78 is 3.21. The van der Waals surface area contributed by atoms with E-state index in [0.29, 0.717) is 22.6 Å². The fraction of sp³-hybridized carbons (Fsp3) is 0.375. The highest BCUT2D eigenvalue weighted by Crippen LogP contribution is 2.38. The molecule has 1 aromatic carbocycles. The highest BCUT2D eigenvalue weighted by molar-refractivity contribution is 6.03. The molecule has 0 aliphatic heterocycles. The van der Waals surface area contributed by atoms with Crippen LogP contribution in [0.15, 0.2) is 42.6 Å². The van der Waals surface area contributed by atoms with Crippen molar-refractivity contribution in [2.24, 2.45) is 7.05 Å². The van der Waals surface area contributed by atoms with Crippen molar-refractivity contribution in [2.45, 2.75) is 50.5 Å². The minimum Gasteiger partial charge on any atom is -0.507 e. The third-order valence-corrected chi connectivity index (χ3v) is 6.31. The van der Waals surface area contributed by atoms with Gasteiger partial charge in [0.15, 0.2) is 0 Å². The molecule has 3 N–H and O–H groups in total. The molecule has 2 amide bonds. The van der Waals surface area contributed by atoms with Gasteiger partial charge in [-0.25, -0.2) is 4.79 Å². The second-order valence-electron chi connectivity index (χ2n) is 8.76. The van der Waals surface area contributed by atoms with Crippen molar-refractivity contribution in [3.63, 3.8) is 0 Å². The number of phenolic OH excluding ortho intramolecular Hbond substituents is 1. The number of benzene rings is 1. The molecule has 166 valence electrons. The van der Waals surface area contributed by atoms with Gasteiger partial charge in [-0.2, -0.15) is 9.78 Å². The number of nitrogens with zero attached hydrogens (tertiary/aromatic N) is 3. The van der Waals surface area contributed by atoms with Gasteiger partial charge in [-0.3, -0.25) is 4.79 Å². The summed E-state index contributed by atoms with van der Waals surface area (Å²) in [5.41, 5.74) is 2.96. The van der Waals surface area contributed by atoms with Crippen molar-refractivity contribution in [1.82, 2.24) is 19.7 Å². The number of amides is 2. The van der Waals surface area contributed by atoms with Gasteiger partial charge in [0.1, 0.15) is 11.4 Å². The number of carbonyl (C=O) groups is 2. The molecule has 2 aliphatic rings. The lowest BCUT2D eigenvalue weighted by atomic mass is 10.0. The molecule has 0 radical (unpaired) electrons. The van der Waals surface area contributed by atoms with Crippen LogP contribution >= 0.6 is 0 Å². The highest BCUT2D eigenvalue weighted by atomic mass is 16.3. The first-order valence-electron chi connectivity index (χ1n) is 11.2. The van der Waals surface area contributed by atoms with Crippen molar-refractivity contribution in [1.29, 1.82) is 0 Å². The Bertz CT molecular complexity index is 1170. The maximum Gasteiger partial charge on any atom is 0.342 e. The zero-order valence-electron chi connectivity index (χ0n) is 18.0. The van der Waals surface area contributed by atoms with Gasteiger partial charge in [-0.1, -0.05) is 12.8 Å². The average molecular weight is 434 g/mol. The van der Waals surface area contributed by atoms with Crippen LogP contribution in [-0.4, -0.2) is 37.4 Å². The fourth-order valence-corrected chi connectivity index (χ4v) is 4.38. The zero-order chi connectivity index (χ0) is 22.2. The van der Waals surface area contributed by atoms with Gasteiger partial charge >= 0.3 is 6.03 Å². The second-order valence-corrected chi connectivity index (χ2v) is 8.76. The standard InChI is InChI=1S/C24H27N5O3/c1-28-12-4-7-20(28)23(31)25-17-10-11-22(30)18(13-17)19-14-21(15-5-2-3-6-15)29(27-19)24(32)26-16-8-9-16/h4,7,10-16,30H,2-3,5-6,8-9H2,1H3,(H,25,31)(H,26,32). The van der Waals surface area contributed by atoms with Crippen molar-refractivity contribution < 1.29 is 14.7 Å². The van der Waals surface area contributed by atoms with E-state index in [1.165, 1.54) is 10.7 Å². The molecule has 2 heterocycles. The first-order valence-corrected chi connectivity index (χ1v) is 11.2. The Labute approximate surface area is 186 Å². The number of aromatic nitrogens is 3. The van der Waals surface area contributed by atoms with E-state index < -0.39 is 0 Å². The van der Waals surface area contributed by atoms with Crippen LogP contribution in [0.25, 0.3) is 11.3 Å². The molecule has 0 spiro atoms. The Hall–Kier alpha value is -3.55. The second kappa shape index (κ2) is 8.18. The first-order chi connectivity index (χ1) is 15.5. The largest absolute Gasteiger partial charge is 0.507 e. The maximum absolute atomic E-state index is 12.8. The molecule has 2 aliphatic carbocycles. The number of aryl methyl sites for hydroxylation is 1. The summed E-state index contributed by atoms with van der Waals surface area (Å²) in [5.74, 6) is 0.0887. The highest BCUT2D eigenvalue weighted by Gasteiger charge is 2.29. The third kappa shape index (κ3) is 4.00. The van der Waals surface area contributed by atoms with Gasteiger partial charge in [0.05, 0.1) is 11.4 Å². The molecule has 0 bridgehead atoms. The Morgan fingerprint density at radius 3 is 2.56 bits per heavy atom. The van der Waals surface area contributed by atoms with E-state index in [1.807, 2.05) is 6.07 Å². The SMILES string of the molecule is Cn1cccc1C(=O)Nc1ccc(O)c(-c2cc(C3CCCC3)n(C(=O)NC3CC3)n2)c1. The molecular formula is C24H27N5O3. The Morgan fingerprint density at radius 2 is 1.88 bits per heavy atom. The van der Waals surface area contributed by atoms with E-state index in [9.17, 15) is 14.7 Å². The van der Waals surface area contributed by atoms with Gasteiger partial charge < -0.3 is 20.3 Å². The van der Waals surface area contributed by atoms with Gasteiger partial charge in [0.2, 0.25) is 0 Å². The maximum atomic E-state index is 12.8. The Balaban J connectivity index is 1.46. The van der Waals surface area contributed by atoms with Gasteiger partial charge in [0.25, 0.3) is 5.91 Å². The van der Waals surface area contributed by atoms with Crippen LogP contribution in [0.1, 0.15) is 60.6 Å². The van der Waals surface area contributed by atoms with E-state index in [4.69, 9.17) is 0 Å². The predicted molar refractivity (Wildman–Crippen MR) is 121 cm³/mol. The van der Waals surface area contributed by atoms with E-state index in [1.54, 1.807) is 42.1 Å². The molecule has 2 fully saturated rings. The summed E-state index contributed by atoms with van der Waals surface area (Å²) in [7, 11) is 1.81. The molecule has 0 saturated heterocycles. The summed E-state index contributed by atoms with van der Waals surface area (Å²) in [5, 5.41) is 21.0. The van der Waals surface area contributed by atoms with Crippen LogP contribution < -0.4 is 10.6 Å². The van der Waals surface area contributed by atoms with E-state index in [-0.39, 0.29) is 29.6 Å². The average Bonchev–Trinajstić information content (AvgIpc) is 3.17. The molecular weight excluding hydrogens is 406 g/mol. The number of aromatic hydroxyl groups is 1. The number of nitrogens with one attached hydrogen (secondary N) is 2. The van der Waals surface area contributed by atoms with Crippen LogP contribution in [0.2, 0.25) is 0 Å². The van der Waals surface area contributed by atoms with Crippen molar-refractivity contribution in [2.75, 3.05) is 5.32 Å². The molecule has 8 nitrogen and oxygen atoms in total. The molecule has 2 saturated carbocycles. The van der Waals surface area contributed by atoms with E-state index in [0.717, 1.165) is 44.2 Å². The summed E-state index contributed by atoms with van der Waals surface area (Å²) >= 11 is 0. The number of rotatable bonds is 5. The van der Waals surface area contributed by atoms with E-state index in [2.05, 4.69) is 15.7 Å². The fourth-order valence-electron chi connectivity index (χ4n) is 4.38. The Kier molecular flexibility index (Phi) is 5.20. The number of carbonyl (C=O) groups excluding carboxylic acids is 2. The molecule has 3 aromatic rings. The van der Waals surface area contributed by atoms with Crippen molar-refractivity contribution in [3.05, 3.63) is 54.0 Å². The lowest BCUT2D eigenvalue weighted by molar-refractivity contribution is 0.101. The number of hydrogen-bond acceptors (Lipinski definition) is 4. The van der Waals surface area contributed by atoms with Crippen LogP contribution in [0, 0.1) is 0 Å². The zero-order valence-corrected chi connectivity index (χ0v) is 18.0. The molecule has 0 unspecified atom stereocenters. The molecule has 0 atom stereocenters. The van der Waals surface area contributed by atoms with Gasteiger partial charge in [-0.15, -0.1) is 0 Å².